The van der Waals surface area contributed by atoms with E-state index < -0.39 is 12.0 Å². The molecule has 2 fully saturated rings. The number of halogens is 2. The fraction of sp³-hybridized carbons (Fsp3) is 0.474. The Morgan fingerprint density at radius 1 is 1.41 bits per heavy atom. The van der Waals surface area contributed by atoms with E-state index in [1.54, 1.807) is 9.80 Å². The summed E-state index contributed by atoms with van der Waals surface area (Å²) in [5.41, 5.74) is 2.04. The Morgan fingerprint density at radius 2 is 2.19 bits per heavy atom. The van der Waals surface area contributed by atoms with Crippen LogP contribution in [0.3, 0.4) is 0 Å². The van der Waals surface area contributed by atoms with Gasteiger partial charge >= 0.3 is 0 Å². The Labute approximate surface area is 155 Å². The van der Waals surface area contributed by atoms with Crippen molar-refractivity contribution in [3.63, 3.8) is 0 Å². The zero-order valence-electron chi connectivity index (χ0n) is 14.9. The van der Waals surface area contributed by atoms with Gasteiger partial charge < -0.3 is 14.4 Å². The van der Waals surface area contributed by atoms with Gasteiger partial charge in [-0.25, -0.2) is 13.8 Å². The average molecular weight is 377 g/mol. The number of aliphatic hydroxyl groups is 1. The van der Waals surface area contributed by atoms with Crippen molar-refractivity contribution < 1.29 is 23.1 Å². The lowest BCUT2D eigenvalue weighted by Gasteiger charge is -2.45. The number of nitrogens with zero attached hydrogens (tertiary/aromatic N) is 3. The van der Waals surface area contributed by atoms with Gasteiger partial charge in [-0.3, -0.25) is 9.69 Å². The number of oxazole rings is 1. The third-order valence-electron chi connectivity index (χ3n) is 5.30. The number of rotatable bonds is 4. The van der Waals surface area contributed by atoms with Gasteiger partial charge in [-0.2, -0.15) is 0 Å². The van der Waals surface area contributed by atoms with Crippen LogP contribution >= 0.6 is 0 Å². The molecule has 0 saturated carbocycles. The number of hydrogen-bond donors (Lipinski definition) is 1. The molecule has 8 heteroatoms. The van der Waals surface area contributed by atoms with Crippen LogP contribution in [0.2, 0.25) is 0 Å². The van der Waals surface area contributed by atoms with E-state index in [9.17, 15) is 18.7 Å². The van der Waals surface area contributed by atoms with E-state index >= 15 is 0 Å². The molecule has 0 spiro atoms. The summed E-state index contributed by atoms with van der Waals surface area (Å²) in [7, 11) is 0. The van der Waals surface area contributed by atoms with Crippen LogP contribution in [-0.2, 0) is 0 Å². The molecule has 1 amide bonds. The molecule has 1 atom stereocenters. The number of benzene rings is 1. The first-order valence-corrected chi connectivity index (χ1v) is 8.92. The number of aliphatic hydroxyl groups excluding tert-OH is 1. The molecule has 1 N–H and O–H groups in total. The number of aryl methyl sites for hydroxylation is 1. The molecular weight excluding hydrogens is 356 g/mol. The molecule has 2 aliphatic rings. The minimum absolute atomic E-state index is 0.172. The van der Waals surface area contributed by atoms with Gasteiger partial charge in [0, 0.05) is 37.2 Å². The van der Waals surface area contributed by atoms with Gasteiger partial charge in [0.1, 0.15) is 0 Å². The second-order valence-electron chi connectivity index (χ2n) is 7.33. The Bertz CT molecular complexity index is 848. The van der Waals surface area contributed by atoms with Crippen molar-refractivity contribution in [2.24, 2.45) is 0 Å². The number of amides is 1. The van der Waals surface area contributed by atoms with Crippen molar-refractivity contribution in [3.05, 3.63) is 41.9 Å². The highest BCUT2D eigenvalue weighted by atomic mass is 19.3. The molecule has 1 aromatic carbocycles. The molecule has 0 aliphatic carbocycles. The SMILES string of the molecule is Cc1cccc(-c2ocnc2C(=O)N2CC(N3CC(F)(F)C[C@H]3CO)C2)c1. The summed E-state index contributed by atoms with van der Waals surface area (Å²) >= 11 is 0. The summed E-state index contributed by atoms with van der Waals surface area (Å²) in [6, 6.07) is 6.86. The van der Waals surface area contributed by atoms with Crippen molar-refractivity contribution in [2.45, 2.75) is 31.4 Å². The second kappa shape index (κ2) is 6.69. The van der Waals surface area contributed by atoms with E-state index in [-0.39, 0.29) is 37.2 Å². The highest BCUT2D eigenvalue weighted by molar-refractivity contribution is 5.98. The van der Waals surface area contributed by atoms with E-state index in [4.69, 9.17) is 4.42 Å². The molecular formula is C19H21F2N3O3. The number of aromatic nitrogens is 1. The van der Waals surface area contributed by atoms with Crippen molar-refractivity contribution in [1.82, 2.24) is 14.8 Å². The Morgan fingerprint density at radius 3 is 2.89 bits per heavy atom. The molecule has 0 bridgehead atoms. The van der Waals surface area contributed by atoms with Crippen molar-refractivity contribution in [3.8, 4) is 11.3 Å². The van der Waals surface area contributed by atoms with E-state index in [0.717, 1.165) is 11.1 Å². The van der Waals surface area contributed by atoms with Crippen LogP contribution in [0.25, 0.3) is 11.3 Å². The fourth-order valence-electron chi connectivity index (χ4n) is 3.89. The monoisotopic (exact) mass is 377 g/mol. The first-order valence-electron chi connectivity index (χ1n) is 8.92. The fourth-order valence-corrected chi connectivity index (χ4v) is 3.89. The van der Waals surface area contributed by atoms with Gasteiger partial charge in [0.15, 0.2) is 17.8 Å². The van der Waals surface area contributed by atoms with Gasteiger partial charge in [-0.05, 0) is 13.0 Å². The summed E-state index contributed by atoms with van der Waals surface area (Å²) in [6.07, 6.45) is 0.903. The van der Waals surface area contributed by atoms with Crippen LogP contribution in [0.4, 0.5) is 8.78 Å². The Kier molecular flexibility index (Phi) is 4.47. The molecule has 3 heterocycles. The zero-order valence-corrected chi connectivity index (χ0v) is 14.9. The number of likely N-dealkylation sites (tertiary alicyclic amines) is 2. The highest BCUT2D eigenvalue weighted by Gasteiger charge is 2.50. The molecule has 27 heavy (non-hydrogen) atoms. The van der Waals surface area contributed by atoms with E-state index in [1.165, 1.54) is 6.39 Å². The van der Waals surface area contributed by atoms with E-state index in [2.05, 4.69) is 4.98 Å². The number of hydrogen-bond acceptors (Lipinski definition) is 5. The van der Waals surface area contributed by atoms with Gasteiger partial charge in [0.05, 0.1) is 13.2 Å². The molecule has 2 saturated heterocycles. The first-order chi connectivity index (χ1) is 12.9. The molecule has 144 valence electrons. The smallest absolute Gasteiger partial charge is 0.276 e. The quantitative estimate of drug-likeness (QED) is 0.885. The maximum absolute atomic E-state index is 13.6. The predicted molar refractivity (Wildman–Crippen MR) is 93.5 cm³/mol. The van der Waals surface area contributed by atoms with Crippen LogP contribution in [0.1, 0.15) is 22.5 Å². The van der Waals surface area contributed by atoms with Crippen LogP contribution in [0, 0.1) is 6.92 Å². The largest absolute Gasteiger partial charge is 0.443 e. The summed E-state index contributed by atoms with van der Waals surface area (Å²) in [4.78, 5) is 20.1. The lowest BCUT2D eigenvalue weighted by molar-refractivity contribution is -0.0126. The average Bonchev–Trinajstić information content (AvgIpc) is 3.17. The predicted octanol–water partition coefficient (Wildman–Crippen LogP) is 2.18. The number of carbonyl (C=O) groups is 1. The van der Waals surface area contributed by atoms with Crippen LogP contribution in [0.5, 0.6) is 0 Å². The molecule has 6 nitrogen and oxygen atoms in total. The summed E-state index contributed by atoms with van der Waals surface area (Å²) < 4.78 is 32.7. The van der Waals surface area contributed by atoms with Crippen molar-refractivity contribution in [1.29, 1.82) is 0 Å². The summed E-state index contributed by atoms with van der Waals surface area (Å²) in [6.45, 7) is 1.95. The Hall–Kier alpha value is -2.32. The third-order valence-corrected chi connectivity index (χ3v) is 5.30. The topological polar surface area (TPSA) is 69.8 Å². The van der Waals surface area contributed by atoms with Crippen LogP contribution in [-0.4, -0.2) is 70.0 Å². The standard InChI is InChI=1S/C19H21F2N3O3/c1-12-3-2-4-13(5-12)17-16(22-11-27-17)18(26)23-7-15(8-23)24-10-19(20,21)6-14(24)9-25/h2-5,11,14-15,25H,6-10H2,1H3/t14-/m0/s1. The molecule has 0 unspecified atom stereocenters. The van der Waals surface area contributed by atoms with Crippen LogP contribution in [0.15, 0.2) is 35.1 Å². The maximum atomic E-state index is 13.6. The van der Waals surface area contributed by atoms with Crippen molar-refractivity contribution in [2.75, 3.05) is 26.2 Å². The normalized spacial score (nSPS) is 22.8. The van der Waals surface area contributed by atoms with Crippen molar-refractivity contribution >= 4 is 5.91 Å². The van der Waals surface area contributed by atoms with Crippen LogP contribution < -0.4 is 0 Å². The lowest BCUT2D eigenvalue weighted by Crippen LogP contribution is -2.62. The first kappa shape index (κ1) is 18.1. The lowest BCUT2D eigenvalue weighted by atomic mass is 10.0. The minimum Gasteiger partial charge on any atom is -0.443 e. The Balaban J connectivity index is 1.45. The molecule has 1 aromatic heterocycles. The zero-order chi connectivity index (χ0) is 19.2. The highest BCUT2D eigenvalue weighted by Crippen LogP contribution is 2.35. The van der Waals surface area contributed by atoms with Gasteiger partial charge in [-0.15, -0.1) is 0 Å². The van der Waals surface area contributed by atoms with Gasteiger partial charge in [0.25, 0.3) is 11.8 Å². The molecule has 4 rings (SSSR count). The molecule has 2 aromatic rings. The van der Waals surface area contributed by atoms with E-state index in [1.807, 2.05) is 31.2 Å². The maximum Gasteiger partial charge on any atom is 0.276 e. The number of alkyl halides is 2. The summed E-state index contributed by atoms with van der Waals surface area (Å²) in [5.74, 6) is -2.65. The van der Waals surface area contributed by atoms with E-state index in [0.29, 0.717) is 18.8 Å². The third kappa shape index (κ3) is 3.35. The van der Waals surface area contributed by atoms with Gasteiger partial charge in [0.2, 0.25) is 0 Å². The number of carbonyl (C=O) groups excluding carboxylic acids is 1. The second-order valence-corrected chi connectivity index (χ2v) is 7.33. The van der Waals surface area contributed by atoms with Gasteiger partial charge in [-0.1, -0.05) is 23.8 Å². The minimum atomic E-state index is -2.79. The molecule has 0 radical (unpaired) electrons. The summed E-state index contributed by atoms with van der Waals surface area (Å²) in [5, 5.41) is 9.37. The molecule has 2 aliphatic heterocycles.